The molecule has 3 aromatic rings. The van der Waals surface area contributed by atoms with Gasteiger partial charge in [-0.1, -0.05) is 24.3 Å². The summed E-state index contributed by atoms with van der Waals surface area (Å²) in [6.07, 6.45) is 7.25. The Hall–Kier alpha value is -2.45. The molecular weight excluding hydrogens is 362 g/mol. The number of piperidine rings is 1. The van der Waals surface area contributed by atoms with Crippen molar-refractivity contribution < 1.29 is 8.42 Å². The number of nitrogens with zero attached hydrogens (tertiary/aromatic N) is 4. The Morgan fingerprint density at radius 3 is 2.93 bits per heavy atom. The molecule has 4 rings (SSSR count). The summed E-state index contributed by atoms with van der Waals surface area (Å²) in [4.78, 5) is 6.54. The summed E-state index contributed by atoms with van der Waals surface area (Å²) < 4.78 is 30.2. The summed E-state index contributed by atoms with van der Waals surface area (Å²) in [6.45, 7) is 1.57. The fourth-order valence-corrected chi connectivity index (χ4v) is 5.09. The molecule has 1 aromatic carbocycles. The first-order valence-electron chi connectivity index (χ1n) is 9.06. The van der Waals surface area contributed by atoms with Crippen LogP contribution in [0.4, 0.5) is 5.69 Å². The first kappa shape index (κ1) is 17.9. The van der Waals surface area contributed by atoms with Gasteiger partial charge in [0.25, 0.3) is 0 Å². The Morgan fingerprint density at radius 1 is 1.26 bits per heavy atom. The zero-order chi connectivity index (χ0) is 18.9. The highest BCUT2D eigenvalue weighted by Crippen LogP contribution is 2.21. The molecule has 0 radical (unpaired) electrons. The normalized spacial score (nSPS) is 18.1. The van der Waals surface area contributed by atoms with Gasteiger partial charge in [-0.05, 0) is 24.5 Å². The van der Waals surface area contributed by atoms with Crippen molar-refractivity contribution in [3.05, 3.63) is 54.5 Å². The van der Waals surface area contributed by atoms with Crippen LogP contribution in [0.5, 0.6) is 0 Å². The molecule has 27 heavy (non-hydrogen) atoms. The van der Waals surface area contributed by atoms with Crippen LogP contribution in [-0.4, -0.2) is 42.3 Å². The van der Waals surface area contributed by atoms with E-state index in [1.165, 1.54) is 0 Å². The second-order valence-corrected chi connectivity index (χ2v) is 8.78. The summed E-state index contributed by atoms with van der Waals surface area (Å²) >= 11 is 0. The average Bonchev–Trinajstić information content (AvgIpc) is 3.08. The molecule has 0 unspecified atom stereocenters. The lowest BCUT2D eigenvalue weighted by atomic mass is 10.1. The summed E-state index contributed by atoms with van der Waals surface area (Å²) in [7, 11) is -1.58. The number of para-hydroxylation sites is 1. The number of pyridine rings is 1. The predicted octanol–water partition coefficient (Wildman–Crippen LogP) is 2.06. The lowest BCUT2D eigenvalue weighted by Gasteiger charge is -2.33. The minimum Gasteiger partial charge on any atom is -0.367 e. The third kappa shape index (κ3) is 4.12. The maximum absolute atomic E-state index is 12.8. The van der Waals surface area contributed by atoms with E-state index in [2.05, 4.69) is 19.7 Å². The largest absolute Gasteiger partial charge is 0.367 e. The third-order valence-corrected chi connectivity index (χ3v) is 6.27. The van der Waals surface area contributed by atoms with Crippen LogP contribution < -0.4 is 9.62 Å². The van der Waals surface area contributed by atoms with Crippen LogP contribution in [0.25, 0.3) is 10.9 Å². The number of hydrogen-bond acceptors (Lipinski definition) is 5. The van der Waals surface area contributed by atoms with Gasteiger partial charge in [-0.15, -0.1) is 0 Å². The van der Waals surface area contributed by atoms with Gasteiger partial charge in [-0.25, -0.2) is 13.1 Å². The fourth-order valence-electron chi connectivity index (χ4n) is 3.66. The number of hydrogen-bond donors (Lipinski definition) is 1. The number of nitrogens with one attached hydrogen (secondary N) is 1. The summed E-state index contributed by atoms with van der Waals surface area (Å²) in [5.41, 5.74) is 2.49. The molecule has 1 fully saturated rings. The van der Waals surface area contributed by atoms with Crippen molar-refractivity contribution in [1.29, 1.82) is 0 Å². The van der Waals surface area contributed by atoms with Gasteiger partial charge >= 0.3 is 0 Å². The molecule has 0 amide bonds. The van der Waals surface area contributed by atoms with Crippen molar-refractivity contribution in [3.8, 4) is 0 Å². The second kappa shape index (κ2) is 7.28. The van der Waals surface area contributed by atoms with Gasteiger partial charge in [0.15, 0.2) is 0 Å². The zero-order valence-corrected chi connectivity index (χ0v) is 16.1. The van der Waals surface area contributed by atoms with Crippen LogP contribution in [-0.2, 0) is 22.8 Å². The van der Waals surface area contributed by atoms with Gasteiger partial charge in [-0.2, -0.15) is 5.10 Å². The van der Waals surface area contributed by atoms with E-state index in [-0.39, 0.29) is 11.8 Å². The molecule has 142 valence electrons. The van der Waals surface area contributed by atoms with E-state index >= 15 is 0 Å². The lowest BCUT2D eigenvalue weighted by Crippen LogP contribution is -2.48. The zero-order valence-electron chi connectivity index (χ0n) is 15.2. The SMILES string of the molecule is Cn1cc(N2CCC[C@H](NS(=O)(=O)Cc3cccc4cccnc34)C2)cn1. The molecule has 3 heterocycles. The van der Waals surface area contributed by atoms with E-state index < -0.39 is 10.0 Å². The Balaban J connectivity index is 1.48. The quantitative estimate of drug-likeness (QED) is 0.727. The molecule has 0 aliphatic carbocycles. The Bertz CT molecular complexity index is 1040. The van der Waals surface area contributed by atoms with Gasteiger partial charge in [0.2, 0.25) is 10.0 Å². The van der Waals surface area contributed by atoms with Crippen LogP contribution >= 0.6 is 0 Å². The van der Waals surface area contributed by atoms with Gasteiger partial charge < -0.3 is 4.90 Å². The average molecular weight is 385 g/mol. The van der Waals surface area contributed by atoms with Crippen molar-refractivity contribution in [2.24, 2.45) is 7.05 Å². The number of fused-ring (bicyclic) bond motifs is 1. The van der Waals surface area contributed by atoms with E-state index in [9.17, 15) is 8.42 Å². The van der Waals surface area contributed by atoms with E-state index in [1.807, 2.05) is 49.8 Å². The molecule has 1 N–H and O–H groups in total. The molecule has 0 spiro atoms. The van der Waals surface area contributed by atoms with Crippen LogP contribution in [0.1, 0.15) is 18.4 Å². The molecule has 1 saturated heterocycles. The van der Waals surface area contributed by atoms with Gasteiger partial charge in [0.1, 0.15) is 0 Å². The molecular formula is C19H23N5O2S. The maximum Gasteiger partial charge on any atom is 0.216 e. The van der Waals surface area contributed by atoms with E-state index in [4.69, 9.17) is 0 Å². The number of anilines is 1. The van der Waals surface area contributed by atoms with Crippen LogP contribution in [0, 0.1) is 0 Å². The monoisotopic (exact) mass is 385 g/mol. The summed E-state index contributed by atoms with van der Waals surface area (Å²) in [5.74, 6) is -0.0647. The van der Waals surface area contributed by atoms with Crippen molar-refractivity contribution in [3.63, 3.8) is 0 Å². The summed E-state index contributed by atoms with van der Waals surface area (Å²) in [5, 5.41) is 5.16. The fraction of sp³-hybridized carbons (Fsp3) is 0.368. The minimum absolute atomic E-state index is 0.0647. The Labute approximate surface area is 159 Å². The Morgan fingerprint density at radius 2 is 2.11 bits per heavy atom. The second-order valence-electron chi connectivity index (χ2n) is 7.03. The molecule has 2 aromatic heterocycles. The van der Waals surface area contributed by atoms with Crippen molar-refractivity contribution >= 4 is 26.6 Å². The molecule has 0 saturated carbocycles. The predicted molar refractivity (Wildman–Crippen MR) is 106 cm³/mol. The standard InChI is InChI=1S/C19H23N5O2S/c1-23-13-18(11-21-23)24-10-4-8-17(12-24)22-27(25,26)14-16-6-2-5-15-7-3-9-20-19(15)16/h2-3,5-7,9,11,13,17,22H,4,8,10,12,14H2,1H3/t17-/m0/s1. The number of aryl methyl sites for hydroxylation is 1. The third-order valence-electron chi connectivity index (χ3n) is 4.89. The van der Waals surface area contributed by atoms with Crippen LogP contribution in [0.15, 0.2) is 48.9 Å². The Kier molecular flexibility index (Phi) is 4.84. The van der Waals surface area contributed by atoms with E-state index in [0.29, 0.717) is 6.54 Å². The lowest BCUT2D eigenvalue weighted by molar-refractivity contribution is 0.465. The molecule has 1 aliphatic heterocycles. The molecule has 8 heteroatoms. The summed E-state index contributed by atoms with van der Waals surface area (Å²) in [6, 6.07) is 9.34. The number of aromatic nitrogens is 3. The minimum atomic E-state index is -3.46. The van der Waals surface area contributed by atoms with Gasteiger partial charge in [-0.3, -0.25) is 9.67 Å². The van der Waals surface area contributed by atoms with Crippen molar-refractivity contribution in [2.45, 2.75) is 24.6 Å². The topological polar surface area (TPSA) is 80.1 Å². The van der Waals surface area contributed by atoms with Crippen molar-refractivity contribution in [2.75, 3.05) is 18.0 Å². The maximum atomic E-state index is 12.8. The van der Waals surface area contributed by atoms with Crippen LogP contribution in [0.3, 0.4) is 0 Å². The highest BCUT2D eigenvalue weighted by molar-refractivity contribution is 7.88. The highest BCUT2D eigenvalue weighted by atomic mass is 32.2. The number of benzene rings is 1. The molecule has 0 bridgehead atoms. The van der Waals surface area contributed by atoms with Gasteiger partial charge in [0.05, 0.1) is 23.2 Å². The first-order valence-corrected chi connectivity index (χ1v) is 10.7. The number of rotatable bonds is 5. The molecule has 7 nitrogen and oxygen atoms in total. The highest BCUT2D eigenvalue weighted by Gasteiger charge is 2.25. The molecule has 1 aliphatic rings. The molecule has 1 atom stereocenters. The van der Waals surface area contributed by atoms with Crippen LogP contribution in [0.2, 0.25) is 0 Å². The first-order chi connectivity index (χ1) is 13.0. The van der Waals surface area contributed by atoms with E-state index in [1.54, 1.807) is 10.9 Å². The van der Waals surface area contributed by atoms with Gasteiger partial charge in [0, 0.05) is 44.0 Å². The van der Waals surface area contributed by atoms with E-state index in [0.717, 1.165) is 41.5 Å². The number of sulfonamides is 1. The van der Waals surface area contributed by atoms with Crippen molar-refractivity contribution in [1.82, 2.24) is 19.5 Å². The smallest absolute Gasteiger partial charge is 0.216 e.